The van der Waals surface area contributed by atoms with Crippen molar-refractivity contribution in [2.75, 3.05) is 32.7 Å². The number of aromatic amines is 1. The Kier molecular flexibility index (Phi) is 11.9. The van der Waals surface area contributed by atoms with Crippen LogP contribution in [0.4, 0.5) is 0 Å². The Balaban J connectivity index is 0.865. The number of nitrogens with zero attached hydrogens (tertiary/aromatic N) is 1. The number of phenols is 1. The summed E-state index contributed by atoms with van der Waals surface area (Å²) in [6.07, 6.45) is 2.78. The quantitative estimate of drug-likeness (QED) is 0.0612. The number of H-pyrrole nitrogens is 1. The van der Waals surface area contributed by atoms with Gasteiger partial charge in [-0.25, -0.2) is 4.79 Å². The molecule has 1 fully saturated rings. The third-order valence-electron chi connectivity index (χ3n) is 10.5. The monoisotopic (exact) mass is 749 g/mol. The highest BCUT2D eigenvalue weighted by Gasteiger charge is 2.47. The molecule has 2 aromatic heterocycles. The molecule has 2 unspecified atom stereocenters. The Bertz CT molecular complexity index is 2140. The highest BCUT2D eigenvalue weighted by Crippen LogP contribution is 2.39. The second kappa shape index (κ2) is 17.1. The van der Waals surface area contributed by atoms with E-state index in [0.717, 1.165) is 54.8 Å². The molecular weight excluding hydrogens is 703 g/mol. The maximum absolute atomic E-state index is 14.1. The molecular formula is C42H47N5O6S. The Labute approximate surface area is 318 Å². The van der Waals surface area contributed by atoms with Gasteiger partial charge in [-0.05, 0) is 85.2 Å². The first-order chi connectivity index (χ1) is 26.3. The minimum Gasteiger partial charge on any atom is -0.506 e. The van der Waals surface area contributed by atoms with Crippen molar-refractivity contribution < 1.29 is 24.5 Å². The smallest absolute Gasteiger partial charge is 0.331 e. The maximum atomic E-state index is 14.1. The number of aromatic nitrogens is 1. The molecule has 1 aliphatic heterocycles. The number of hydrogen-bond acceptors (Lipinski definition) is 10. The molecule has 5 aromatic rings. The SMILES string of the molecule is O=C(NCCCCNCC(O)c1ccc(O)c2[nH]c(=O)ccc12)c1ccc(CN[C@]2(C(=O)OC3CCN(Cc4ccccc4)C3)CCc3ccccc32)s1. The van der Waals surface area contributed by atoms with Gasteiger partial charge in [0, 0.05) is 55.6 Å². The summed E-state index contributed by atoms with van der Waals surface area (Å²) in [5.74, 6) is -0.409. The van der Waals surface area contributed by atoms with Crippen LogP contribution in [0.2, 0.25) is 0 Å². The van der Waals surface area contributed by atoms with Crippen molar-refractivity contribution in [2.24, 2.45) is 0 Å². The summed E-state index contributed by atoms with van der Waals surface area (Å²) in [6.45, 7) is 4.33. The van der Waals surface area contributed by atoms with Gasteiger partial charge in [0.2, 0.25) is 5.56 Å². The number of phenolic OH excluding ortho intramolecular Hbond substituents is 1. The van der Waals surface area contributed by atoms with Crippen molar-refractivity contribution in [3.8, 4) is 5.75 Å². The van der Waals surface area contributed by atoms with Crippen LogP contribution in [-0.2, 0) is 34.6 Å². The third kappa shape index (κ3) is 8.59. The largest absolute Gasteiger partial charge is 0.506 e. The van der Waals surface area contributed by atoms with E-state index in [-0.39, 0.29) is 29.3 Å². The Morgan fingerprint density at radius 1 is 0.981 bits per heavy atom. The lowest BCUT2D eigenvalue weighted by Gasteiger charge is -2.31. The lowest BCUT2D eigenvalue weighted by Crippen LogP contribution is -2.49. The first-order valence-corrected chi connectivity index (χ1v) is 19.5. The van der Waals surface area contributed by atoms with E-state index in [4.69, 9.17) is 4.74 Å². The molecule has 1 aliphatic carbocycles. The van der Waals surface area contributed by atoms with E-state index in [2.05, 4.69) is 44.0 Å². The van der Waals surface area contributed by atoms with Crippen molar-refractivity contribution in [3.05, 3.63) is 133 Å². The van der Waals surface area contributed by atoms with Crippen LogP contribution in [0, 0.1) is 0 Å². The third-order valence-corrected chi connectivity index (χ3v) is 11.6. The fourth-order valence-electron chi connectivity index (χ4n) is 7.61. The van der Waals surface area contributed by atoms with Crippen LogP contribution in [-0.4, -0.2) is 70.8 Å². The van der Waals surface area contributed by atoms with Crippen LogP contribution in [0.25, 0.3) is 10.9 Å². The number of benzene rings is 3. The average molecular weight is 750 g/mol. The van der Waals surface area contributed by atoms with Crippen LogP contribution in [0.15, 0.2) is 95.8 Å². The van der Waals surface area contributed by atoms with E-state index in [9.17, 15) is 24.6 Å². The summed E-state index contributed by atoms with van der Waals surface area (Å²) in [4.78, 5) is 45.3. The molecule has 7 rings (SSSR count). The van der Waals surface area contributed by atoms with Crippen LogP contribution in [0.1, 0.15) is 68.6 Å². The van der Waals surface area contributed by atoms with E-state index in [0.29, 0.717) is 60.5 Å². The summed E-state index contributed by atoms with van der Waals surface area (Å²) in [5, 5.41) is 31.3. The van der Waals surface area contributed by atoms with E-state index < -0.39 is 11.6 Å². The number of ether oxygens (including phenoxy) is 1. The predicted octanol–water partition coefficient (Wildman–Crippen LogP) is 4.88. The summed E-state index contributed by atoms with van der Waals surface area (Å²) >= 11 is 1.42. The maximum Gasteiger partial charge on any atom is 0.331 e. The number of fused-ring (bicyclic) bond motifs is 2. The molecule has 1 saturated heterocycles. The number of aliphatic hydroxyl groups is 1. The van der Waals surface area contributed by atoms with Gasteiger partial charge < -0.3 is 30.6 Å². The molecule has 12 heteroatoms. The second-order valence-corrected chi connectivity index (χ2v) is 15.4. The van der Waals surface area contributed by atoms with Gasteiger partial charge in [0.05, 0.1) is 16.5 Å². The van der Waals surface area contributed by atoms with Crippen LogP contribution >= 0.6 is 11.3 Å². The number of rotatable bonds is 16. The zero-order valence-corrected chi connectivity index (χ0v) is 31.0. The Hall–Kier alpha value is -4.85. The van der Waals surface area contributed by atoms with Crippen LogP contribution in [0.5, 0.6) is 5.75 Å². The molecule has 1 amide bonds. The minimum absolute atomic E-state index is 0.0453. The number of aromatic hydroxyl groups is 1. The standard InChI is InChI=1S/C42H47N5O6S/c48-35-15-13-32(33-14-17-38(50)46-39(33)35)36(49)25-43-21-6-7-22-44-40(51)37-16-12-31(54-37)24-45-42(20-18-29-10-4-5-11-34(29)42)41(52)53-30-19-23-47(27-30)26-28-8-2-1-3-9-28/h1-5,8-17,30,36,43,45,48-49H,6-7,18-27H2,(H,44,51)(H,46,50)/t30?,36?,42-/m1/s1. The van der Waals surface area contributed by atoms with Crippen molar-refractivity contribution >= 4 is 34.1 Å². The molecule has 282 valence electrons. The number of hydrogen-bond donors (Lipinski definition) is 6. The molecule has 3 heterocycles. The number of carbonyl (C=O) groups is 2. The molecule has 11 nitrogen and oxygen atoms in total. The second-order valence-electron chi connectivity index (χ2n) is 14.2. The summed E-state index contributed by atoms with van der Waals surface area (Å²) in [6, 6.07) is 28.3. The molecule has 54 heavy (non-hydrogen) atoms. The average Bonchev–Trinajstić information content (AvgIpc) is 3.94. The molecule has 0 bridgehead atoms. The van der Waals surface area contributed by atoms with Gasteiger partial charge in [0.1, 0.15) is 17.4 Å². The molecule has 0 saturated carbocycles. The van der Waals surface area contributed by atoms with Crippen molar-refractivity contribution in [1.82, 2.24) is 25.8 Å². The van der Waals surface area contributed by atoms with Crippen LogP contribution in [0.3, 0.4) is 0 Å². The Morgan fingerprint density at radius 3 is 2.67 bits per heavy atom. The van der Waals surface area contributed by atoms with Crippen LogP contribution < -0.4 is 21.5 Å². The molecule has 2 aliphatic rings. The van der Waals surface area contributed by atoms with Gasteiger partial charge in [0.15, 0.2) is 0 Å². The summed E-state index contributed by atoms with van der Waals surface area (Å²) < 4.78 is 6.25. The lowest BCUT2D eigenvalue weighted by molar-refractivity contribution is -0.157. The van der Waals surface area contributed by atoms with Crippen molar-refractivity contribution in [1.29, 1.82) is 0 Å². The summed E-state index contributed by atoms with van der Waals surface area (Å²) in [5.41, 5.74) is 3.02. The lowest BCUT2D eigenvalue weighted by atomic mass is 9.91. The van der Waals surface area contributed by atoms with Gasteiger partial charge >= 0.3 is 5.97 Å². The highest BCUT2D eigenvalue weighted by atomic mass is 32.1. The number of aliphatic hydroxyl groups excluding tert-OH is 1. The first-order valence-electron chi connectivity index (χ1n) is 18.7. The fourth-order valence-corrected chi connectivity index (χ4v) is 8.47. The minimum atomic E-state index is -0.946. The number of esters is 1. The molecule has 3 atom stereocenters. The number of unbranched alkanes of at least 4 members (excludes halogenated alkanes) is 1. The Morgan fingerprint density at radius 2 is 1.80 bits per heavy atom. The highest BCUT2D eigenvalue weighted by molar-refractivity contribution is 7.14. The zero-order valence-electron chi connectivity index (χ0n) is 30.2. The zero-order chi connectivity index (χ0) is 37.5. The van der Waals surface area contributed by atoms with Crippen molar-refractivity contribution in [2.45, 2.75) is 62.9 Å². The molecule has 3 aromatic carbocycles. The fraction of sp³-hybridized carbons (Fsp3) is 0.357. The summed E-state index contributed by atoms with van der Waals surface area (Å²) in [7, 11) is 0. The van der Waals surface area contributed by atoms with Gasteiger partial charge in [-0.15, -0.1) is 11.3 Å². The number of carbonyl (C=O) groups excluding carboxylic acids is 2. The van der Waals surface area contributed by atoms with Gasteiger partial charge in [-0.2, -0.15) is 0 Å². The first kappa shape index (κ1) is 37.5. The number of likely N-dealkylation sites (tertiary alicyclic amines) is 1. The number of thiophene rings is 1. The number of amides is 1. The van der Waals surface area contributed by atoms with E-state index in [1.807, 2.05) is 48.5 Å². The van der Waals surface area contributed by atoms with E-state index in [1.54, 1.807) is 12.1 Å². The topological polar surface area (TPSA) is 156 Å². The number of aryl methyl sites for hydroxylation is 1. The molecule has 6 N–H and O–H groups in total. The molecule has 0 radical (unpaired) electrons. The van der Waals surface area contributed by atoms with E-state index >= 15 is 0 Å². The number of nitrogens with one attached hydrogen (secondary N) is 4. The van der Waals surface area contributed by atoms with Gasteiger partial charge in [-0.1, -0.05) is 60.7 Å². The van der Waals surface area contributed by atoms with E-state index in [1.165, 1.54) is 29.0 Å². The van der Waals surface area contributed by atoms with Gasteiger partial charge in [-0.3, -0.25) is 19.8 Å². The molecule has 0 spiro atoms. The van der Waals surface area contributed by atoms with Gasteiger partial charge in [0.25, 0.3) is 5.91 Å². The van der Waals surface area contributed by atoms with Crippen molar-refractivity contribution in [3.63, 3.8) is 0 Å². The normalized spacial score (nSPS) is 18.8. The number of pyridine rings is 1. The predicted molar refractivity (Wildman–Crippen MR) is 209 cm³/mol.